The molecule has 3 rings (SSSR count). The van der Waals surface area contributed by atoms with E-state index in [1.807, 2.05) is 18.2 Å². The molecule has 8 heteroatoms. The van der Waals surface area contributed by atoms with E-state index in [4.69, 9.17) is 0 Å². The number of anilines is 1. The SMILES string of the molecule is CS(=O)(=O)N1CCCN(C(=O)Cc2ccc3c(c2)CC(=O)N3)CC1. The topological polar surface area (TPSA) is 86.8 Å². The predicted molar refractivity (Wildman–Crippen MR) is 90.1 cm³/mol. The van der Waals surface area contributed by atoms with Gasteiger partial charge >= 0.3 is 0 Å². The van der Waals surface area contributed by atoms with E-state index in [-0.39, 0.29) is 18.2 Å². The van der Waals surface area contributed by atoms with Crippen molar-refractivity contribution in [2.75, 3.05) is 37.8 Å². The smallest absolute Gasteiger partial charge is 0.228 e. The summed E-state index contributed by atoms with van der Waals surface area (Å²) in [5.41, 5.74) is 2.61. The first kappa shape index (κ1) is 16.9. The van der Waals surface area contributed by atoms with E-state index in [9.17, 15) is 18.0 Å². The van der Waals surface area contributed by atoms with Crippen LogP contribution in [0.5, 0.6) is 0 Å². The van der Waals surface area contributed by atoms with Gasteiger partial charge in [0.25, 0.3) is 0 Å². The minimum atomic E-state index is -3.21. The van der Waals surface area contributed by atoms with Gasteiger partial charge in [0.05, 0.1) is 19.1 Å². The second-order valence-electron chi connectivity index (χ2n) is 6.29. The Morgan fingerprint density at radius 1 is 1.21 bits per heavy atom. The lowest BCUT2D eigenvalue weighted by atomic mass is 10.1. The molecule has 1 fully saturated rings. The molecule has 24 heavy (non-hydrogen) atoms. The number of carbonyl (C=O) groups is 2. The van der Waals surface area contributed by atoms with E-state index < -0.39 is 10.0 Å². The Bertz CT molecular complexity index is 776. The Labute approximate surface area is 141 Å². The van der Waals surface area contributed by atoms with Crippen molar-refractivity contribution in [3.63, 3.8) is 0 Å². The summed E-state index contributed by atoms with van der Waals surface area (Å²) in [5.74, 6) is -0.0376. The fourth-order valence-corrected chi connectivity index (χ4v) is 4.03. The summed E-state index contributed by atoms with van der Waals surface area (Å²) < 4.78 is 24.7. The molecule has 0 aliphatic carbocycles. The molecule has 2 aliphatic rings. The fraction of sp³-hybridized carbons (Fsp3) is 0.500. The van der Waals surface area contributed by atoms with Gasteiger partial charge in [0.15, 0.2) is 0 Å². The van der Waals surface area contributed by atoms with Crippen LogP contribution < -0.4 is 5.32 Å². The molecule has 130 valence electrons. The lowest BCUT2D eigenvalue weighted by Crippen LogP contribution is -2.37. The molecule has 7 nitrogen and oxygen atoms in total. The minimum absolute atomic E-state index is 0.0115. The number of benzene rings is 1. The largest absolute Gasteiger partial charge is 0.341 e. The fourth-order valence-electron chi connectivity index (χ4n) is 3.15. The van der Waals surface area contributed by atoms with Gasteiger partial charge in [-0.2, -0.15) is 0 Å². The number of sulfonamides is 1. The Hall–Kier alpha value is -1.93. The average molecular weight is 351 g/mol. The molecular weight excluding hydrogens is 330 g/mol. The zero-order valence-electron chi connectivity index (χ0n) is 13.6. The molecule has 1 aromatic carbocycles. The van der Waals surface area contributed by atoms with Crippen molar-refractivity contribution in [2.45, 2.75) is 19.3 Å². The van der Waals surface area contributed by atoms with E-state index in [0.29, 0.717) is 39.0 Å². The predicted octanol–water partition coefficient (Wildman–Crippen LogP) is 0.218. The van der Waals surface area contributed by atoms with E-state index in [0.717, 1.165) is 16.8 Å². The maximum Gasteiger partial charge on any atom is 0.228 e. The summed E-state index contributed by atoms with van der Waals surface area (Å²) in [6, 6.07) is 5.57. The molecule has 0 saturated carbocycles. The van der Waals surface area contributed by atoms with Crippen molar-refractivity contribution in [3.05, 3.63) is 29.3 Å². The van der Waals surface area contributed by atoms with Crippen LogP contribution in [-0.2, 0) is 32.5 Å². The number of amides is 2. The molecule has 0 unspecified atom stereocenters. The highest BCUT2D eigenvalue weighted by Gasteiger charge is 2.24. The van der Waals surface area contributed by atoms with Crippen molar-refractivity contribution >= 4 is 27.5 Å². The van der Waals surface area contributed by atoms with Crippen molar-refractivity contribution < 1.29 is 18.0 Å². The first-order valence-corrected chi connectivity index (χ1v) is 9.82. The number of rotatable bonds is 3. The van der Waals surface area contributed by atoms with Crippen LogP contribution in [0.1, 0.15) is 17.5 Å². The van der Waals surface area contributed by atoms with Crippen LogP contribution >= 0.6 is 0 Å². The van der Waals surface area contributed by atoms with Gasteiger partial charge in [0.2, 0.25) is 21.8 Å². The van der Waals surface area contributed by atoms with E-state index in [1.54, 1.807) is 4.90 Å². The highest BCUT2D eigenvalue weighted by atomic mass is 32.2. The van der Waals surface area contributed by atoms with Gasteiger partial charge in [-0.3, -0.25) is 9.59 Å². The molecule has 2 heterocycles. The summed E-state index contributed by atoms with van der Waals surface area (Å²) in [4.78, 5) is 25.6. The maximum atomic E-state index is 12.5. The number of nitrogens with one attached hydrogen (secondary N) is 1. The van der Waals surface area contributed by atoms with E-state index in [2.05, 4.69) is 5.32 Å². The Morgan fingerprint density at radius 2 is 2.00 bits per heavy atom. The zero-order chi connectivity index (χ0) is 17.3. The van der Waals surface area contributed by atoms with Gasteiger partial charge in [0.1, 0.15) is 0 Å². The monoisotopic (exact) mass is 351 g/mol. The summed E-state index contributed by atoms with van der Waals surface area (Å²) >= 11 is 0. The van der Waals surface area contributed by atoms with Crippen molar-refractivity contribution in [2.24, 2.45) is 0 Å². The second kappa shape index (κ2) is 6.52. The zero-order valence-corrected chi connectivity index (χ0v) is 14.4. The molecule has 1 aromatic rings. The van der Waals surface area contributed by atoms with Gasteiger partial charge < -0.3 is 10.2 Å². The lowest BCUT2D eigenvalue weighted by Gasteiger charge is -2.21. The van der Waals surface area contributed by atoms with Crippen LogP contribution in [0.3, 0.4) is 0 Å². The van der Waals surface area contributed by atoms with E-state index in [1.165, 1.54) is 10.6 Å². The molecule has 0 aromatic heterocycles. The first-order chi connectivity index (χ1) is 11.3. The van der Waals surface area contributed by atoms with E-state index >= 15 is 0 Å². The van der Waals surface area contributed by atoms with Crippen molar-refractivity contribution in [1.29, 1.82) is 0 Å². The number of hydrogen-bond acceptors (Lipinski definition) is 4. The molecule has 0 spiro atoms. The number of carbonyl (C=O) groups excluding carboxylic acids is 2. The van der Waals surface area contributed by atoms with Crippen molar-refractivity contribution in [1.82, 2.24) is 9.21 Å². The first-order valence-electron chi connectivity index (χ1n) is 7.97. The lowest BCUT2D eigenvalue weighted by molar-refractivity contribution is -0.130. The third-order valence-electron chi connectivity index (χ3n) is 4.43. The van der Waals surface area contributed by atoms with Crippen LogP contribution in [-0.4, -0.2) is 61.9 Å². The van der Waals surface area contributed by atoms with Gasteiger partial charge in [0, 0.05) is 31.9 Å². The molecule has 0 atom stereocenters. The molecule has 0 radical (unpaired) electrons. The Balaban J connectivity index is 1.63. The Kier molecular flexibility index (Phi) is 4.60. The molecule has 2 aliphatic heterocycles. The average Bonchev–Trinajstić information content (AvgIpc) is 2.71. The quantitative estimate of drug-likeness (QED) is 0.844. The standard InChI is InChI=1S/C16H21N3O4S/c1-24(22,23)19-6-2-5-18(7-8-19)16(21)10-12-3-4-14-13(9-12)11-15(20)17-14/h3-4,9H,2,5-8,10-11H2,1H3,(H,17,20). The molecular formula is C16H21N3O4S. The van der Waals surface area contributed by atoms with Crippen LogP contribution in [0.2, 0.25) is 0 Å². The summed E-state index contributed by atoms with van der Waals surface area (Å²) in [6.45, 7) is 1.77. The molecule has 1 N–H and O–H groups in total. The second-order valence-corrected chi connectivity index (χ2v) is 8.27. The summed E-state index contributed by atoms with van der Waals surface area (Å²) in [6.07, 6.45) is 2.45. The maximum absolute atomic E-state index is 12.5. The van der Waals surface area contributed by atoms with Gasteiger partial charge in [-0.1, -0.05) is 12.1 Å². The van der Waals surface area contributed by atoms with Gasteiger partial charge in [-0.15, -0.1) is 0 Å². The van der Waals surface area contributed by atoms with Crippen LogP contribution in [0.25, 0.3) is 0 Å². The number of fused-ring (bicyclic) bond motifs is 1. The van der Waals surface area contributed by atoms with Crippen LogP contribution in [0.15, 0.2) is 18.2 Å². The normalized spacial score (nSPS) is 18.9. The highest BCUT2D eigenvalue weighted by Crippen LogP contribution is 2.24. The van der Waals surface area contributed by atoms with Gasteiger partial charge in [-0.25, -0.2) is 12.7 Å². The highest BCUT2D eigenvalue weighted by molar-refractivity contribution is 7.88. The molecule has 0 bridgehead atoms. The molecule has 2 amide bonds. The number of hydrogen-bond donors (Lipinski definition) is 1. The van der Waals surface area contributed by atoms with Gasteiger partial charge in [-0.05, 0) is 23.6 Å². The molecule has 1 saturated heterocycles. The summed E-state index contributed by atoms with van der Waals surface area (Å²) in [7, 11) is -3.21. The van der Waals surface area contributed by atoms with Crippen LogP contribution in [0, 0.1) is 0 Å². The Morgan fingerprint density at radius 3 is 2.75 bits per heavy atom. The van der Waals surface area contributed by atoms with Crippen LogP contribution in [0.4, 0.5) is 5.69 Å². The minimum Gasteiger partial charge on any atom is -0.341 e. The third-order valence-corrected chi connectivity index (χ3v) is 5.73. The van der Waals surface area contributed by atoms with Crippen molar-refractivity contribution in [3.8, 4) is 0 Å². The summed E-state index contributed by atoms with van der Waals surface area (Å²) in [5, 5.41) is 2.77. The number of nitrogens with zero attached hydrogens (tertiary/aromatic N) is 2. The third kappa shape index (κ3) is 3.76.